The second-order valence-electron chi connectivity index (χ2n) is 4.33. The first kappa shape index (κ1) is 13.6. The van der Waals surface area contributed by atoms with E-state index in [4.69, 9.17) is 5.84 Å². The highest BCUT2D eigenvalue weighted by molar-refractivity contribution is 7.10. The maximum atomic E-state index is 12.4. The maximum Gasteiger partial charge on any atom is 0.254 e. The second-order valence-corrected chi connectivity index (χ2v) is 5.31. The number of rotatable bonds is 4. The summed E-state index contributed by atoms with van der Waals surface area (Å²) < 4.78 is 0. The number of nitrogens with zero attached hydrogens (tertiary/aromatic N) is 1. The van der Waals surface area contributed by atoms with Crippen LogP contribution in [0.3, 0.4) is 0 Å². The van der Waals surface area contributed by atoms with Gasteiger partial charge in [-0.3, -0.25) is 10.6 Å². The Hall–Kier alpha value is -1.85. The number of carbonyl (C=O) groups is 1. The monoisotopic (exact) mass is 275 g/mol. The SMILES string of the molecule is CC(c1cccs1)N(C)C(=O)c1ccc(NN)cc1. The van der Waals surface area contributed by atoms with Crippen molar-refractivity contribution in [1.82, 2.24) is 4.90 Å². The molecule has 0 bridgehead atoms. The summed E-state index contributed by atoms with van der Waals surface area (Å²) in [5, 5.41) is 2.02. The van der Waals surface area contributed by atoms with Crippen LogP contribution < -0.4 is 11.3 Å². The average molecular weight is 275 g/mol. The van der Waals surface area contributed by atoms with Gasteiger partial charge in [-0.15, -0.1) is 11.3 Å². The Balaban J connectivity index is 2.14. The summed E-state index contributed by atoms with van der Waals surface area (Å²) in [4.78, 5) is 15.3. The summed E-state index contributed by atoms with van der Waals surface area (Å²) in [6.45, 7) is 2.03. The number of nitrogen functional groups attached to an aromatic ring is 1. The minimum absolute atomic E-state index is 0.00414. The number of carbonyl (C=O) groups excluding carboxylic acids is 1. The van der Waals surface area contributed by atoms with Crippen LogP contribution in [0.15, 0.2) is 41.8 Å². The first-order chi connectivity index (χ1) is 9.13. The quantitative estimate of drug-likeness (QED) is 0.666. The van der Waals surface area contributed by atoms with E-state index in [9.17, 15) is 4.79 Å². The van der Waals surface area contributed by atoms with Crippen molar-refractivity contribution in [1.29, 1.82) is 0 Å². The molecule has 1 aromatic heterocycles. The Morgan fingerprint density at radius 3 is 2.53 bits per heavy atom. The molecule has 0 radical (unpaired) electrons. The third-order valence-corrected chi connectivity index (χ3v) is 4.20. The van der Waals surface area contributed by atoms with E-state index in [1.165, 1.54) is 4.88 Å². The summed E-state index contributed by atoms with van der Waals surface area (Å²) in [6.07, 6.45) is 0. The van der Waals surface area contributed by atoms with Crippen molar-refractivity contribution in [2.45, 2.75) is 13.0 Å². The lowest BCUT2D eigenvalue weighted by Crippen LogP contribution is -2.29. The van der Waals surface area contributed by atoms with E-state index in [0.717, 1.165) is 5.69 Å². The first-order valence-corrected chi connectivity index (χ1v) is 6.88. The molecular weight excluding hydrogens is 258 g/mol. The van der Waals surface area contributed by atoms with Crippen molar-refractivity contribution < 1.29 is 4.79 Å². The summed E-state index contributed by atoms with van der Waals surface area (Å²) in [7, 11) is 1.82. The van der Waals surface area contributed by atoms with Gasteiger partial charge in [-0.1, -0.05) is 6.07 Å². The number of nitrogens with one attached hydrogen (secondary N) is 1. The fraction of sp³-hybridized carbons (Fsp3) is 0.214. The van der Waals surface area contributed by atoms with Crippen LogP contribution in [-0.2, 0) is 0 Å². The molecule has 1 amide bonds. The van der Waals surface area contributed by atoms with E-state index in [1.807, 2.05) is 31.5 Å². The standard InChI is InChI=1S/C14H17N3OS/c1-10(13-4-3-9-19-13)17(2)14(18)11-5-7-12(16-15)8-6-11/h3-10,16H,15H2,1-2H3. The Morgan fingerprint density at radius 2 is 2.00 bits per heavy atom. The van der Waals surface area contributed by atoms with Crippen LogP contribution in [0.4, 0.5) is 5.69 Å². The predicted molar refractivity (Wildman–Crippen MR) is 79.1 cm³/mol. The van der Waals surface area contributed by atoms with Crippen molar-refractivity contribution in [3.63, 3.8) is 0 Å². The molecule has 1 unspecified atom stereocenters. The van der Waals surface area contributed by atoms with Gasteiger partial charge in [0, 0.05) is 23.2 Å². The van der Waals surface area contributed by atoms with Gasteiger partial charge in [-0.2, -0.15) is 0 Å². The number of nitrogens with two attached hydrogens (primary N) is 1. The third kappa shape index (κ3) is 2.94. The molecule has 1 heterocycles. The molecule has 1 aromatic carbocycles. The van der Waals surface area contributed by atoms with Gasteiger partial charge in [-0.05, 0) is 42.6 Å². The molecule has 0 aliphatic heterocycles. The van der Waals surface area contributed by atoms with Crippen molar-refractivity contribution >= 4 is 22.9 Å². The molecule has 1 atom stereocenters. The van der Waals surface area contributed by atoms with Crippen LogP contribution in [-0.4, -0.2) is 17.9 Å². The highest BCUT2D eigenvalue weighted by atomic mass is 32.1. The lowest BCUT2D eigenvalue weighted by Gasteiger charge is -2.24. The maximum absolute atomic E-state index is 12.4. The lowest BCUT2D eigenvalue weighted by atomic mass is 10.1. The zero-order valence-corrected chi connectivity index (χ0v) is 11.8. The summed E-state index contributed by atoms with van der Waals surface area (Å²) in [5.74, 6) is 5.31. The molecule has 0 saturated carbocycles. The number of thiophene rings is 1. The molecule has 0 aliphatic rings. The molecule has 100 valence electrons. The molecule has 5 heteroatoms. The zero-order valence-electron chi connectivity index (χ0n) is 11.0. The molecular formula is C14H17N3OS. The summed E-state index contributed by atoms with van der Waals surface area (Å²) in [5.41, 5.74) is 3.98. The van der Waals surface area contributed by atoms with Crippen molar-refractivity contribution in [3.05, 3.63) is 52.2 Å². The Labute approximate surface area is 116 Å². The van der Waals surface area contributed by atoms with Gasteiger partial charge in [0.1, 0.15) is 0 Å². The molecule has 0 aliphatic carbocycles. The Bertz CT molecular complexity index is 536. The largest absolute Gasteiger partial charge is 0.334 e. The van der Waals surface area contributed by atoms with E-state index >= 15 is 0 Å². The van der Waals surface area contributed by atoms with Crippen LogP contribution in [0.25, 0.3) is 0 Å². The highest BCUT2D eigenvalue weighted by Gasteiger charge is 2.19. The average Bonchev–Trinajstić information content (AvgIpc) is 2.99. The number of amides is 1. The lowest BCUT2D eigenvalue weighted by molar-refractivity contribution is 0.0745. The fourth-order valence-corrected chi connectivity index (χ4v) is 2.63. The number of anilines is 1. The van der Waals surface area contributed by atoms with Gasteiger partial charge in [0.05, 0.1) is 6.04 Å². The summed E-state index contributed by atoms with van der Waals surface area (Å²) >= 11 is 1.66. The van der Waals surface area contributed by atoms with Crippen LogP contribution in [0.5, 0.6) is 0 Å². The molecule has 2 rings (SSSR count). The van der Waals surface area contributed by atoms with E-state index in [-0.39, 0.29) is 11.9 Å². The zero-order chi connectivity index (χ0) is 13.8. The number of benzene rings is 1. The van der Waals surface area contributed by atoms with Crippen LogP contribution >= 0.6 is 11.3 Å². The molecule has 0 fully saturated rings. The van der Waals surface area contributed by atoms with Gasteiger partial charge in [0.15, 0.2) is 0 Å². The third-order valence-electron chi connectivity index (χ3n) is 3.15. The van der Waals surface area contributed by atoms with E-state index in [0.29, 0.717) is 5.56 Å². The van der Waals surface area contributed by atoms with E-state index < -0.39 is 0 Å². The van der Waals surface area contributed by atoms with Gasteiger partial charge in [0.2, 0.25) is 0 Å². The molecule has 0 spiro atoms. The van der Waals surface area contributed by atoms with Gasteiger partial charge >= 0.3 is 0 Å². The van der Waals surface area contributed by atoms with Crippen molar-refractivity contribution in [2.24, 2.45) is 5.84 Å². The van der Waals surface area contributed by atoms with Crippen LogP contribution in [0.1, 0.15) is 28.2 Å². The van der Waals surface area contributed by atoms with Crippen molar-refractivity contribution in [2.75, 3.05) is 12.5 Å². The topological polar surface area (TPSA) is 58.4 Å². The second kappa shape index (κ2) is 5.86. The molecule has 2 aromatic rings. The minimum atomic E-state index is 0.00414. The molecule has 3 N–H and O–H groups in total. The van der Waals surface area contributed by atoms with Gasteiger partial charge < -0.3 is 10.3 Å². The van der Waals surface area contributed by atoms with E-state index in [2.05, 4.69) is 5.43 Å². The number of hydrazine groups is 1. The van der Waals surface area contributed by atoms with Crippen LogP contribution in [0.2, 0.25) is 0 Å². The smallest absolute Gasteiger partial charge is 0.254 e. The van der Waals surface area contributed by atoms with Gasteiger partial charge in [0.25, 0.3) is 5.91 Å². The normalized spacial score (nSPS) is 11.9. The van der Waals surface area contributed by atoms with E-state index in [1.54, 1.807) is 40.5 Å². The summed E-state index contributed by atoms with van der Waals surface area (Å²) in [6, 6.07) is 11.2. The first-order valence-electron chi connectivity index (χ1n) is 6.00. The molecule has 4 nitrogen and oxygen atoms in total. The minimum Gasteiger partial charge on any atom is -0.334 e. The van der Waals surface area contributed by atoms with Crippen molar-refractivity contribution in [3.8, 4) is 0 Å². The Morgan fingerprint density at radius 1 is 1.32 bits per heavy atom. The van der Waals surface area contributed by atoms with Gasteiger partial charge in [-0.25, -0.2) is 0 Å². The number of hydrogen-bond acceptors (Lipinski definition) is 4. The fourth-order valence-electron chi connectivity index (χ4n) is 1.81. The number of hydrogen-bond donors (Lipinski definition) is 2. The highest BCUT2D eigenvalue weighted by Crippen LogP contribution is 2.24. The van der Waals surface area contributed by atoms with Crippen LogP contribution in [0, 0.1) is 0 Å². The predicted octanol–water partition coefficient (Wildman–Crippen LogP) is 2.87. The molecule has 0 saturated heterocycles. The molecule has 19 heavy (non-hydrogen) atoms. The Kier molecular flexibility index (Phi) is 4.19.